The van der Waals surface area contributed by atoms with Gasteiger partial charge in [0.15, 0.2) is 0 Å². The Hall–Kier alpha value is -3.75. The number of carboxylic acids is 3. The van der Waals surface area contributed by atoms with E-state index in [0.29, 0.717) is 0 Å². The van der Waals surface area contributed by atoms with E-state index in [1.165, 1.54) is 0 Å². The number of carbonyl (C=O) groups excluding carboxylic acids is 4. The highest BCUT2D eigenvalue weighted by Gasteiger charge is 2.26. The molecule has 0 bridgehead atoms. The molecule has 180 valence electrons. The van der Waals surface area contributed by atoms with Crippen LogP contribution in [0.2, 0.25) is 0 Å². The minimum absolute atomic E-state index is 0.107. The Kier molecular flexibility index (Phi) is 12.6. The second kappa shape index (κ2) is 14.3. The predicted octanol–water partition coefficient (Wildman–Crippen LogP) is -3.52. The first kappa shape index (κ1) is 28.2. The summed E-state index contributed by atoms with van der Waals surface area (Å²) in [5.41, 5.74) is 10.6. The van der Waals surface area contributed by atoms with E-state index in [9.17, 15) is 33.6 Å². The molecule has 4 amide bonds. The average molecular weight is 461 g/mol. The first-order chi connectivity index (χ1) is 14.8. The minimum atomic E-state index is -1.50. The van der Waals surface area contributed by atoms with Crippen molar-refractivity contribution in [3.05, 3.63) is 0 Å². The summed E-state index contributed by atoms with van der Waals surface area (Å²) in [4.78, 5) is 79.5. The molecule has 15 nitrogen and oxygen atoms in total. The molecule has 10 N–H and O–H groups in total. The van der Waals surface area contributed by atoms with Gasteiger partial charge in [-0.1, -0.05) is 0 Å². The standard InChI is InChI=1S/C17H27N5O10/c18-8(1-4-11(19)23)15(29)22-9(2-5-13(25)26)16(30)20-7-12(24)21-10(17(31)32)3-6-14(27)28/h8-10H,1-7,18H2,(H2,19,23)(H,20,30)(H,21,24)(H,22,29)(H,25,26)(H,27,28)(H,31,32). The van der Waals surface area contributed by atoms with E-state index in [2.05, 4.69) is 10.6 Å². The predicted molar refractivity (Wildman–Crippen MR) is 105 cm³/mol. The highest BCUT2D eigenvalue weighted by Crippen LogP contribution is 2.02. The lowest BCUT2D eigenvalue weighted by Gasteiger charge is -2.20. The van der Waals surface area contributed by atoms with Gasteiger partial charge in [-0.05, 0) is 19.3 Å². The summed E-state index contributed by atoms with van der Waals surface area (Å²) in [6, 6.07) is -4.08. The number of nitrogens with one attached hydrogen (secondary N) is 3. The first-order valence-electron chi connectivity index (χ1n) is 9.41. The zero-order valence-electron chi connectivity index (χ0n) is 17.0. The fraction of sp³-hybridized carbons (Fsp3) is 0.588. The van der Waals surface area contributed by atoms with Crippen molar-refractivity contribution in [1.29, 1.82) is 0 Å². The second-order valence-corrected chi connectivity index (χ2v) is 6.71. The summed E-state index contributed by atoms with van der Waals surface area (Å²) in [7, 11) is 0. The number of primary amides is 1. The molecule has 3 atom stereocenters. The summed E-state index contributed by atoms with van der Waals surface area (Å²) in [5, 5.41) is 32.8. The van der Waals surface area contributed by atoms with Gasteiger partial charge >= 0.3 is 17.9 Å². The fourth-order valence-electron chi connectivity index (χ4n) is 2.31. The lowest BCUT2D eigenvalue weighted by molar-refractivity contribution is -0.143. The third-order valence-corrected chi connectivity index (χ3v) is 4.02. The zero-order valence-corrected chi connectivity index (χ0v) is 17.0. The number of amides is 4. The van der Waals surface area contributed by atoms with E-state index in [0.717, 1.165) is 0 Å². The Morgan fingerprint density at radius 3 is 1.72 bits per heavy atom. The Labute approximate surface area is 181 Å². The zero-order chi connectivity index (χ0) is 24.8. The number of hydrogen-bond donors (Lipinski definition) is 8. The van der Waals surface area contributed by atoms with Crippen molar-refractivity contribution in [3.63, 3.8) is 0 Å². The Morgan fingerprint density at radius 1 is 0.719 bits per heavy atom. The fourth-order valence-corrected chi connectivity index (χ4v) is 2.31. The molecular weight excluding hydrogens is 434 g/mol. The van der Waals surface area contributed by atoms with Crippen LogP contribution in [0.1, 0.15) is 38.5 Å². The molecule has 15 heteroatoms. The van der Waals surface area contributed by atoms with Crippen molar-refractivity contribution in [2.45, 2.75) is 56.7 Å². The third-order valence-electron chi connectivity index (χ3n) is 4.02. The molecule has 0 spiro atoms. The molecule has 0 aliphatic carbocycles. The van der Waals surface area contributed by atoms with E-state index in [-0.39, 0.29) is 25.7 Å². The molecule has 0 radical (unpaired) electrons. The van der Waals surface area contributed by atoms with Gasteiger partial charge in [0.2, 0.25) is 23.6 Å². The van der Waals surface area contributed by atoms with Gasteiger partial charge in [-0.15, -0.1) is 0 Å². The molecular formula is C17H27N5O10. The van der Waals surface area contributed by atoms with E-state index in [4.69, 9.17) is 26.8 Å². The molecule has 0 aromatic heterocycles. The van der Waals surface area contributed by atoms with Crippen LogP contribution in [0.25, 0.3) is 0 Å². The number of hydrogen-bond acceptors (Lipinski definition) is 8. The van der Waals surface area contributed by atoms with Crippen LogP contribution in [0.5, 0.6) is 0 Å². The second-order valence-electron chi connectivity index (χ2n) is 6.71. The monoisotopic (exact) mass is 461 g/mol. The topological polar surface area (TPSA) is 268 Å². The molecule has 32 heavy (non-hydrogen) atoms. The highest BCUT2D eigenvalue weighted by atomic mass is 16.4. The van der Waals surface area contributed by atoms with Gasteiger partial charge in [0.1, 0.15) is 12.1 Å². The lowest BCUT2D eigenvalue weighted by Crippen LogP contribution is -2.53. The van der Waals surface area contributed by atoms with Crippen LogP contribution in [-0.4, -0.2) is 81.5 Å². The van der Waals surface area contributed by atoms with Crippen molar-refractivity contribution in [2.24, 2.45) is 11.5 Å². The van der Waals surface area contributed by atoms with Crippen LogP contribution in [0, 0.1) is 0 Å². The molecule has 0 heterocycles. The van der Waals surface area contributed by atoms with Gasteiger partial charge in [0, 0.05) is 19.3 Å². The van der Waals surface area contributed by atoms with Gasteiger partial charge in [-0.3, -0.25) is 28.8 Å². The van der Waals surface area contributed by atoms with E-state index in [1.54, 1.807) is 0 Å². The SMILES string of the molecule is NC(=O)CCC(N)C(=O)NC(CCC(=O)O)C(=O)NCC(=O)NC(CCC(=O)O)C(=O)O. The summed E-state index contributed by atoms with van der Waals surface area (Å²) < 4.78 is 0. The van der Waals surface area contributed by atoms with Gasteiger partial charge in [0.25, 0.3) is 0 Å². The maximum Gasteiger partial charge on any atom is 0.326 e. The quantitative estimate of drug-likeness (QED) is 0.112. The van der Waals surface area contributed by atoms with Gasteiger partial charge in [-0.2, -0.15) is 0 Å². The van der Waals surface area contributed by atoms with Crippen molar-refractivity contribution < 1.29 is 48.9 Å². The number of rotatable bonds is 16. The Bertz CT molecular complexity index is 741. The van der Waals surface area contributed by atoms with Crippen LogP contribution in [0.4, 0.5) is 0 Å². The molecule has 0 aromatic carbocycles. The van der Waals surface area contributed by atoms with E-state index < -0.39 is 79.0 Å². The summed E-state index contributed by atoms with van der Waals surface area (Å²) in [6.45, 7) is -0.719. The molecule has 0 saturated heterocycles. The largest absolute Gasteiger partial charge is 0.481 e. The average Bonchev–Trinajstić information content (AvgIpc) is 2.69. The van der Waals surface area contributed by atoms with Crippen LogP contribution < -0.4 is 27.4 Å². The molecule has 0 aliphatic heterocycles. The van der Waals surface area contributed by atoms with Crippen molar-refractivity contribution in [1.82, 2.24) is 16.0 Å². The van der Waals surface area contributed by atoms with Gasteiger partial charge in [-0.25, -0.2) is 4.79 Å². The van der Waals surface area contributed by atoms with Gasteiger partial charge < -0.3 is 42.7 Å². The summed E-state index contributed by atoms with van der Waals surface area (Å²) >= 11 is 0. The smallest absolute Gasteiger partial charge is 0.326 e. The number of aliphatic carboxylic acids is 3. The Morgan fingerprint density at radius 2 is 1.25 bits per heavy atom. The van der Waals surface area contributed by atoms with Crippen LogP contribution in [-0.2, 0) is 33.6 Å². The molecule has 0 saturated carbocycles. The molecule has 3 unspecified atom stereocenters. The minimum Gasteiger partial charge on any atom is -0.481 e. The van der Waals surface area contributed by atoms with Crippen molar-refractivity contribution in [3.8, 4) is 0 Å². The maximum atomic E-state index is 12.3. The Balaban J connectivity index is 4.91. The maximum absolute atomic E-state index is 12.3. The van der Waals surface area contributed by atoms with Gasteiger partial charge in [0.05, 0.1) is 12.6 Å². The lowest BCUT2D eigenvalue weighted by atomic mass is 10.1. The molecule has 0 rings (SSSR count). The van der Waals surface area contributed by atoms with Crippen LogP contribution in [0.15, 0.2) is 0 Å². The van der Waals surface area contributed by atoms with Crippen molar-refractivity contribution in [2.75, 3.05) is 6.54 Å². The third kappa shape index (κ3) is 12.7. The van der Waals surface area contributed by atoms with Crippen LogP contribution in [0.3, 0.4) is 0 Å². The van der Waals surface area contributed by atoms with E-state index >= 15 is 0 Å². The number of nitrogens with two attached hydrogens (primary N) is 2. The number of carbonyl (C=O) groups is 7. The van der Waals surface area contributed by atoms with Crippen molar-refractivity contribution >= 4 is 41.5 Å². The molecule has 0 aliphatic rings. The van der Waals surface area contributed by atoms with E-state index in [1.807, 2.05) is 5.32 Å². The summed E-state index contributed by atoms with van der Waals surface area (Å²) in [6.07, 6.45) is -2.03. The number of carboxylic acid groups (broad SMARTS) is 3. The molecule has 0 fully saturated rings. The van der Waals surface area contributed by atoms with Crippen LogP contribution >= 0.6 is 0 Å². The first-order valence-corrected chi connectivity index (χ1v) is 9.41. The molecule has 0 aromatic rings. The highest BCUT2D eigenvalue weighted by molar-refractivity contribution is 5.93. The normalized spacial score (nSPS) is 13.2. The summed E-state index contributed by atoms with van der Waals surface area (Å²) in [5.74, 6) is -7.40.